The van der Waals surface area contributed by atoms with Crippen LogP contribution in [0.4, 0.5) is 4.79 Å². The number of hydrogen-bond acceptors (Lipinski definition) is 3. The largest absolute Gasteiger partial charge is 0.480 e. The molecule has 0 spiro atoms. The van der Waals surface area contributed by atoms with E-state index in [0.29, 0.717) is 12.5 Å². The Morgan fingerprint density at radius 1 is 1.29 bits per heavy atom. The minimum absolute atomic E-state index is 0.268. The number of hydrogen-bond donors (Lipinski definition) is 3. The van der Waals surface area contributed by atoms with E-state index in [1.165, 1.54) is 0 Å². The van der Waals surface area contributed by atoms with Crippen LogP contribution in [0.1, 0.15) is 12.5 Å². The Labute approximate surface area is 129 Å². The second kappa shape index (κ2) is 9.28. The van der Waals surface area contributed by atoms with E-state index < -0.39 is 18.0 Å². The van der Waals surface area contributed by atoms with Gasteiger partial charge in [0.05, 0.1) is 0 Å². The molecule has 0 radical (unpaired) electrons. The van der Waals surface area contributed by atoms with E-state index in [1.807, 2.05) is 43.5 Å². The highest BCUT2D eigenvalue weighted by atomic mass is 32.2. The number of benzene rings is 1. The van der Waals surface area contributed by atoms with Gasteiger partial charge in [-0.2, -0.15) is 11.8 Å². The zero-order chi connectivity index (χ0) is 15.7. The first kappa shape index (κ1) is 17.4. The van der Waals surface area contributed by atoms with Gasteiger partial charge in [-0.25, -0.2) is 9.59 Å². The summed E-state index contributed by atoms with van der Waals surface area (Å²) in [7, 11) is 0. The Morgan fingerprint density at radius 3 is 2.52 bits per heavy atom. The normalized spacial score (nSPS) is 13.2. The molecule has 0 saturated heterocycles. The Balaban J connectivity index is 2.47. The molecule has 0 heterocycles. The zero-order valence-electron chi connectivity index (χ0n) is 12.3. The van der Waals surface area contributed by atoms with Gasteiger partial charge in [0.1, 0.15) is 6.04 Å². The average molecular weight is 310 g/mol. The fourth-order valence-corrected chi connectivity index (χ4v) is 2.56. The van der Waals surface area contributed by atoms with Crippen molar-refractivity contribution in [2.45, 2.75) is 19.4 Å². The predicted molar refractivity (Wildman–Crippen MR) is 85.7 cm³/mol. The van der Waals surface area contributed by atoms with Gasteiger partial charge in [0.2, 0.25) is 0 Å². The number of amides is 2. The second-order valence-corrected chi connectivity index (χ2v) is 5.91. The molecule has 0 aliphatic rings. The Kier molecular flexibility index (Phi) is 7.68. The fraction of sp³-hybridized carbons (Fsp3) is 0.467. The monoisotopic (exact) mass is 310 g/mol. The van der Waals surface area contributed by atoms with Gasteiger partial charge in [0.25, 0.3) is 0 Å². The van der Waals surface area contributed by atoms with Crippen molar-refractivity contribution >= 4 is 23.8 Å². The lowest BCUT2D eigenvalue weighted by atomic mass is 10.1. The SMILES string of the molecule is CSCC(C)CNC(=O)NC(Cc1ccccc1)C(=O)O. The average Bonchev–Trinajstić information content (AvgIpc) is 2.46. The lowest BCUT2D eigenvalue weighted by Gasteiger charge is -2.17. The predicted octanol–water partition coefficient (Wildman–Crippen LogP) is 1.98. The van der Waals surface area contributed by atoms with Crippen molar-refractivity contribution in [2.75, 3.05) is 18.6 Å². The number of carbonyl (C=O) groups excluding carboxylic acids is 1. The summed E-state index contributed by atoms with van der Waals surface area (Å²) in [6, 6.07) is 7.88. The number of aliphatic carboxylic acids is 1. The summed E-state index contributed by atoms with van der Waals surface area (Å²) in [4.78, 5) is 23.0. The summed E-state index contributed by atoms with van der Waals surface area (Å²) < 4.78 is 0. The smallest absolute Gasteiger partial charge is 0.326 e. The maximum atomic E-state index is 11.8. The summed E-state index contributed by atoms with van der Waals surface area (Å²) in [6.45, 7) is 2.57. The molecule has 0 aliphatic heterocycles. The van der Waals surface area contributed by atoms with E-state index >= 15 is 0 Å². The van der Waals surface area contributed by atoms with Crippen molar-refractivity contribution in [3.63, 3.8) is 0 Å². The Bertz CT molecular complexity index is 453. The molecule has 21 heavy (non-hydrogen) atoms. The van der Waals surface area contributed by atoms with Crippen molar-refractivity contribution in [1.82, 2.24) is 10.6 Å². The highest BCUT2D eigenvalue weighted by molar-refractivity contribution is 7.98. The molecule has 0 aromatic heterocycles. The van der Waals surface area contributed by atoms with E-state index in [-0.39, 0.29) is 6.42 Å². The van der Waals surface area contributed by atoms with Crippen LogP contribution < -0.4 is 10.6 Å². The minimum Gasteiger partial charge on any atom is -0.480 e. The molecule has 5 nitrogen and oxygen atoms in total. The molecular weight excluding hydrogens is 288 g/mol. The summed E-state index contributed by atoms with van der Waals surface area (Å²) in [6.07, 6.45) is 2.28. The molecule has 2 unspecified atom stereocenters. The van der Waals surface area contributed by atoms with Gasteiger partial charge in [-0.15, -0.1) is 0 Å². The van der Waals surface area contributed by atoms with E-state index in [9.17, 15) is 14.7 Å². The van der Waals surface area contributed by atoms with E-state index in [2.05, 4.69) is 10.6 Å². The Morgan fingerprint density at radius 2 is 1.95 bits per heavy atom. The number of carboxylic acids is 1. The topological polar surface area (TPSA) is 78.4 Å². The number of nitrogens with one attached hydrogen (secondary N) is 2. The minimum atomic E-state index is -1.04. The molecular formula is C15H22N2O3S. The first-order chi connectivity index (χ1) is 10.0. The zero-order valence-corrected chi connectivity index (χ0v) is 13.2. The lowest BCUT2D eigenvalue weighted by Crippen LogP contribution is -2.48. The van der Waals surface area contributed by atoms with Crippen molar-refractivity contribution in [2.24, 2.45) is 5.92 Å². The quantitative estimate of drug-likeness (QED) is 0.686. The third kappa shape index (κ3) is 7.04. The highest BCUT2D eigenvalue weighted by Gasteiger charge is 2.20. The van der Waals surface area contributed by atoms with E-state index in [4.69, 9.17) is 0 Å². The second-order valence-electron chi connectivity index (χ2n) is 5.00. The number of urea groups is 1. The summed E-state index contributed by atoms with van der Waals surface area (Å²) in [5.41, 5.74) is 0.876. The van der Waals surface area contributed by atoms with Gasteiger partial charge in [-0.3, -0.25) is 0 Å². The highest BCUT2D eigenvalue weighted by Crippen LogP contribution is 2.04. The molecule has 0 fully saturated rings. The van der Waals surface area contributed by atoms with Crippen LogP contribution in [0.3, 0.4) is 0 Å². The van der Waals surface area contributed by atoms with Gasteiger partial charge in [-0.1, -0.05) is 37.3 Å². The van der Waals surface area contributed by atoms with E-state index in [1.54, 1.807) is 11.8 Å². The third-order valence-corrected chi connectivity index (χ3v) is 3.85. The van der Waals surface area contributed by atoms with Gasteiger partial charge < -0.3 is 15.7 Å². The molecule has 1 aromatic carbocycles. The van der Waals surface area contributed by atoms with Crippen LogP contribution in [0, 0.1) is 5.92 Å². The molecule has 0 saturated carbocycles. The van der Waals surface area contributed by atoms with Crippen molar-refractivity contribution in [1.29, 1.82) is 0 Å². The fourth-order valence-electron chi connectivity index (χ4n) is 1.87. The van der Waals surface area contributed by atoms with Gasteiger partial charge >= 0.3 is 12.0 Å². The molecule has 1 aromatic rings. The molecule has 3 N–H and O–H groups in total. The molecule has 2 amide bonds. The maximum absolute atomic E-state index is 11.8. The van der Waals surface area contributed by atoms with Crippen molar-refractivity contribution < 1.29 is 14.7 Å². The van der Waals surface area contributed by atoms with Gasteiger partial charge in [0.15, 0.2) is 0 Å². The molecule has 1 rings (SSSR count). The first-order valence-electron chi connectivity index (χ1n) is 6.83. The Hall–Kier alpha value is -1.69. The van der Waals surface area contributed by atoms with Crippen LogP contribution in [-0.4, -0.2) is 41.7 Å². The standard InChI is InChI=1S/C15H22N2O3S/c1-11(10-21-2)9-16-15(20)17-13(14(18)19)8-12-6-4-3-5-7-12/h3-7,11,13H,8-10H2,1-2H3,(H,18,19)(H2,16,17,20). The van der Waals surface area contributed by atoms with Crippen molar-refractivity contribution in [3.8, 4) is 0 Å². The number of carboxylic acid groups (broad SMARTS) is 1. The molecule has 6 heteroatoms. The van der Waals surface area contributed by atoms with Crippen molar-refractivity contribution in [3.05, 3.63) is 35.9 Å². The van der Waals surface area contributed by atoms with Crippen LogP contribution in [0.25, 0.3) is 0 Å². The maximum Gasteiger partial charge on any atom is 0.326 e. The van der Waals surface area contributed by atoms with Crippen LogP contribution in [0.2, 0.25) is 0 Å². The lowest BCUT2D eigenvalue weighted by molar-refractivity contribution is -0.139. The van der Waals surface area contributed by atoms with Crippen LogP contribution in [0.5, 0.6) is 0 Å². The summed E-state index contributed by atoms with van der Waals surface area (Å²) in [5.74, 6) is 0.265. The number of thioether (sulfide) groups is 1. The van der Waals surface area contributed by atoms with Gasteiger partial charge in [0, 0.05) is 13.0 Å². The number of carbonyl (C=O) groups is 2. The van der Waals surface area contributed by atoms with E-state index in [0.717, 1.165) is 11.3 Å². The van der Waals surface area contributed by atoms with Crippen LogP contribution in [-0.2, 0) is 11.2 Å². The molecule has 116 valence electrons. The molecule has 0 aliphatic carbocycles. The summed E-state index contributed by atoms with van der Waals surface area (Å²) in [5, 5.41) is 14.4. The third-order valence-electron chi connectivity index (χ3n) is 2.95. The molecule has 2 atom stereocenters. The van der Waals surface area contributed by atoms with Crippen LogP contribution in [0.15, 0.2) is 30.3 Å². The number of rotatable bonds is 8. The van der Waals surface area contributed by atoms with Crippen LogP contribution >= 0.6 is 11.8 Å². The molecule has 0 bridgehead atoms. The first-order valence-corrected chi connectivity index (χ1v) is 8.22. The van der Waals surface area contributed by atoms with Gasteiger partial charge in [-0.05, 0) is 23.5 Å². The summed E-state index contributed by atoms with van der Waals surface area (Å²) >= 11 is 1.72.